The van der Waals surface area contributed by atoms with Crippen molar-refractivity contribution in [2.45, 2.75) is 20.4 Å². The maximum atomic E-state index is 5.30. The van der Waals surface area contributed by atoms with E-state index >= 15 is 0 Å². The summed E-state index contributed by atoms with van der Waals surface area (Å²) < 4.78 is 7.14. The molecule has 0 fully saturated rings. The first-order valence-corrected chi connectivity index (χ1v) is 5.56. The van der Waals surface area contributed by atoms with Crippen LogP contribution in [-0.4, -0.2) is 26.4 Å². The molecule has 90 valence electrons. The highest BCUT2D eigenvalue weighted by Crippen LogP contribution is 2.16. The van der Waals surface area contributed by atoms with E-state index in [1.54, 1.807) is 12.3 Å². The highest BCUT2D eigenvalue weighted by molar-refractivity contribution is 5.54. The molecular weight excluding hydrogens is 218 g/mol. The van der Waals surface area contributed by atoms with E-state index in [1.165, 1.54) is 6.33 Å². The SMILES string of the molecule is CCOc1cc(Nc2cnn(CC)c2)ncn1. The second-order valence-electron chi connectivity index (χ2n) is 3.38. The molecule has 6 heteroatoms. The van der Waals surface area contributed by atoms with E-state index in [1.807, 2.05) is 24.7 Å². The summed E-state index contributed by atoms with van der Waals surface area (Å²) in [4.78, 5) is 8.11. The molecule has 2 rings (SSSR count). The lowest BCUT2D eigenvalue weighted by Gasteiger charge is -2.04. The second-order valence-corrected chi connectivity index (χ2v) is 3.38. The van der Waals surface area contributed by atoms with Gasteiger partial charge in [0.25, 0.3) is 0 Å². The van der Waals surface area contributed by atoms with Crippen LogP contribution in [0.4, 0.5) is 11.5 Å². The fraction of sp³-hybridized carbons (Fsp3) is 0.364. The van der Waals surface area contributed by atoms with Crippen molar-refractivity contribution in [1.29, 1.82) is 0 Å². The second kappa shape index (κ2) is 5.29. The number of hydrogen-bond acceptors (Lipinski definition) is 5. The third-order valence-electron chi connectivity index (χ3n) is 2.16. The van der Waals surface area contributed by atoms with Crippen LogP contribution in [0.1, 0.15) is 13.8 Å². The van der Waals surface area contributed by atoms with Crippen molar-refractivity contribution in [3.63, 3.8) is 0 Å². The predicted molar refractivity (Wildman–Crippen MR) is 64.4 cm³/mol. The molecule has 17 heavy (non-hydrogen) atoms. The van der Waals surface area contributed by atoms with Gasteiger partial charge in [-0.2, -0.15) is 5.10 Å². The van der Waals surface area contributed by atoms with Crippen LogP contribution in [-0.2, 0) is 6.54 Å². The molecule has 0 bridgehead atoms. The standard InChI is InChI=1S/C11H15N5O/c1-3-16-7-9(6-14-16)15-10-5-11(17-4-2)13-8-12-10/h5-8H,3-4H2,1-2H3,(H,12,13,15). The first-order valence-electron chi connectivity index (χ1n) is 5.56. The summed E-state index contributed by atoms with van der Waals surface area (Å²) in [6.07, 6.45) is 5.14. The molecule has 2 aromatic heterocycles. The maximum Gasteiger partial charge on any atom is 0.218 e. The van der Waals surface area contributed by atoms with E-state index in [9.17, 15) is 0 Å². The molecular formula is C11H15N5O. The summed E-state index contributed by atoms with van der Waals surface area (Å²) in [5.41, 5.74) is 0.896. The van der Waals surface area contributed by atoms with E-state index in [2.05, 4.69) is 20.4 Å². The molecule has 0 aliphatic carbocycles. The summed E-state index contributed by atoms with van der Waals surface area (Å²) in [5.74, 6) is 1.26. The first-order chi connectivity index (χ1) is 8.31. The third kappa shape index (κ3) is 2.93. The third-order valence-corrected chi connectivity index (χ3v) is 2.16. The largest absolute Gasteiger partial charge is 0.478 e. The van der Waals surface area contributed by atoms with E-state index in [0.717, 1.165) is 12.2 Å². The van der Waals surface area contributed by atoms with Gasteiger partial charge in [0.1, 0.15) is 12.1 Å². The zero-order valence-electron chi connectivity index (χ0n) is 9.92. The number of anilines is 2. The zero-order valence-corrected chi connectivity index (χ0v) is 9.92. The zero-order chi connectivity index (χ0) is 12.1. The number of ether oxygens (including phenoxy) is 1. The lowest BCUT2D eigenvalue weighted by atomic mass is 10.5. The van der Waals surface area contributed by atoms with Crippen molar-refractivity contribution in [1.82, 2.24) is 19.7 Å². The minimum absolute atomic E-state index is 0.563. The quantitative estimate of drug-likeness (QED) is 0.853. The van der Waals surface area contributed by atoms with Crippen LogP contribution in [0.25, 0.3) is 0 Å². The van der Waals surface area contributed by atoms with Gasteiger partial charge in [0.2, 0.25) is 5.88 Å². The number of nitrogens with zero attached hydrogens (tertiary/aromatic N) is 4. The Balaban J connectivity index is 2.09. The van der Waals surface area contributed by atoms with Crippen molar-refractivity contribution >= 4 is 11.5 Å². The van der Waals surface area contributed by atoms with Gasteiger partial charge in [-0.25, -0.2) is 9.97 Å². The molecule has 6 nitrogen and oxygen atoms in total. The molecule has 0 aliphatic heterocycles. The summed E-state index contributed by atoms with van der Waals surface area (Å²) in [5, 5.41) is 7.31. The summed E-state index contributed by atoms with van der Waals surface area (Å²) in [7, 11) is 0. The number of rotatable bonds is 5. The number of nitrogens with one attached hydrogen (secondary N) is 1. The van der Waals surface area contributed by atoms with Gasteiger partial charge in [0.15, 0.2) is 0 Å². The molecule has 0 radical (unpaired) electrons. The topological polar surface area (TPSA) is 64.9 Å². The lowest BCUT2D eigenvalue weighted by Crippen LogP contribution is -1.98. The Hall–Kier alpha value is -2.11. The smallest absolute Gasteiger partial charge is 0.218 e. The van der Waals surface area contributed by atoms with Crippen molar-refractivity contribution < 1.29 is 4.74 Å². The normalized spacial score (nSPS) is 10.2. The highest BCUT2D eigenvalue weighted by Gasteiger charge is 2.01. The van der Waals surface area contributed by atoms with Gasteiger partial charge in [0.05, 0.1) is 18.5 Å². The van der Waals surface area contributed by atoms with E-state index in [-0.39, 0.29) is 0 Å². The molecule has 0 aromatic carbocycles. The summed E-state index contributed by atoms with van der Waals surface area (Å²) in [6, 6.07) is 1.76. The van der Waals surface area contributed by atoms with E-state index in [0.29, 0.717) is 18.3 Å². The molecule has 0 unspecified atom stereocenters. The molecule has 0 saturated heterocycles. The molecule has 2 aromatic rings. The monoisotopic (exact) mass is 233 g/mol. The number of aryl methyl sites for hydroxylation is 1. The summed E-state index contributed by atoms with van der Waals surface area (Å²) in [6.45, 7) is 5.38. The van der Waals surface area contributed by atoms with Crippen molar-refractivity contribution in [3.8, 4) is 5.88 Å². The number of hydrogen-bond donors (Lipinski definition) is 1. The fourth-order valence-electron chi connectivity index (χ4n) is 1.38. The van der Waals surface area contributed by atoms with Crippen LogP contribution < -0.4 is 10.1 Å². The Morgan fingerprint density at radius 1 is 1.35 bits per heavy atom. The molecule has 0 spiro atoms. The molecule has 2 heterocycles. The Kier molecular flexibility index (Phi) is 3.54. The van der Waals surface area contributed by atoms with Gasteiger partial charge in [0, 0.05) is 18.8 Å². The van der Waals surface area contributed by atoms with Crippen LogP contribution >= 0.6 is 0 Å². The van der Waals surface area contributed by atoms with Crippen LogP contribution in [0, 0.1) is 0 Å². The van der Waals surface area contributed by atoms with E-state index in [4.69, 9.17) is 4.74 Å². The van der Waals surface area contributed by atoms with E-state index < -0.39 is 0 Å². The van der Waals surface area contributed by atoms with Crippen molar-refractivity contribution in [2.24, 2.45) is 0 Å². The molecule has 0 saturated carbocycles. The Morgan fingerprint density at radius 2 is 2.24 bits per heavy atom. The molecule has 0 aliphatic rings. The van der Waals surface area contributed by atoms with Gasteiger partial charge in [-0.05, 0) is 13.8 Å². The maximum absolute atomic E-state index is 5.30. The number of aromatic nitrogens is 4. The van der Waals surface area contributed by atoms with Gasteiger partial charge in [-0.1, -0.05) is 0 Å². The average molecular weight is 233 g/mol. The van der Waals surface area contributed by atoms with Crippen LogP contribution in [0.3, 0.4) is 0 Å². The first kappa shape index (κ1) is 11.4. The van der Waals surface area contributed by atoms with Crippen molar-refractivity contribution in [2.75, 3.05) is 11.9 Å². The fourth-order valence-corrected chi connectivity index (χ4v) is 1.38. The van der Waals surface area contributed by atoms with Crippen LogP contribution in [0.2, 0.25) is 0 Å². The Labute approximate surface area is 99.7 Å². The van der Waals surface area contributed by atoms with Gasteiger partial charge in [-0.3, -0.25) is 4.68 Å². The van der Waals surface area contributed by atoms with Crippen LogP contribution in [0.15, 0.2) is 24.8 Å². The highest BCUT2D eigenvalue weighted by atomic mass is 16.5. The minimum atomic E-state index is 0.563. The van der Waals surface area contributed by atoms with Crippen molar-refractivity contribution in [3.05, 3.63) is 24.8 Å². The molecule has 1 N–H and O–H groups in total. The van der Waals surface area contributed by atoms with Crippen LogP contribution in [0.5, 0.6) is 5.88 Å². The molecule has 0 atom stereocenters. The average Bonchev–Trinajstić information content (AvgIpc) is 2.78. The van der Waals surface area contributed by atoms with Gasteiger partial charge >= 0.3 is 0 Å². The van der Waals surface area contributed by atoms with Gasteiger partial charge in [-0.15, -0.1) is 0 Å². The lowest BCUT2D eigenvalue weighted by molar-refractivity contribution is 0.326. The predicted octanol–water partition coefficient (Wildman–Crippen LogP) is 1.84. The summed E-state index contributed by atoms with van der Waals surface area (Å²) >= 11 is 0. The Bertz CT molecular complexity index is 482. The van der Waals surface area contributed by atoms with Gasteiger partial charge < -0.3 is 10.1 Å². The minimum Gasteiger partial charge on any atom is -0.478 e. The Morgan fingerprint density at radius 3 is 2.94 bits per heavy atom. The molecule has 0 amide bonds.